The Morgan fingerprint density at radius 3 is 2.68 bits per heavy atom. The van der Waals surface area contributed by atoms with Crippen molar-refractivity contribution in [2.75, 3.05) is 38.3 Å². The zero-order valence-corrected chi connectivity index (χ0v) is 19.1. The summed E-state index contributed by atoms with van der Waals surface area (Å²) in [5.74, 6) is 1.86. The van der Waals surface area contributed by atoms with Gasteiger partial charge in [0, 0.05) is 52.0 Å². The second-order valence-corrected chi connectivity index (χ2v) is 7.39. The van der Waals surface area contributed by atoms with Crippen molar-refractivity contribution in [1.82, 2.24) is 10.6 Å². The first-order chi connectivity index (χ1) is 13.3. The second kappa shape index (κ2) is 12.3. The van der Waals surface area contributed by atoms with Crippen molar-refractivity contribution in [2.24, 2.45) is 10.9 Å². The SMILES string of the molecule is CN=C(NCCCOCC1CC1)NCc1ccc(N2CCCCC2=O)cc1.I. The number of anilines is 1. The topological polar surface area (TPSA) is 66.0 Å². The lowest BCUT2D eigenvalue weighted by Crippen LogP contribution is -2.37. The molecule has 0 atom stereocenters. The predicted molar refractivity (Wildman–Crippen MR) is 124 cm³/mol. The molecule has 0 radical (unpaired) electrons. The highest BCUT2D eigenvalue weighted by Gasteiger charge is 2.21. The first kappa shape index (κ1) is 22.9. The molecule has 156 valence electrons. The smallest absolute Gasteiger partial charge is 0.226 e. The second-order valence-electron chi connectivity index (χ2n) is 7.39. The Bertz CT molecular complexity index is 632. The van der Waals surface area contributed by atoms with Gasteiger partial charge in [0.1, 0.15) is 0 Å². The summed E-state index contributed by atoms with van der Waals surface area (Å²) in [6.45, 7) is 4.10. The zero-order valence-electron chi connectivity index (χ0n) is 16.8. The Balaban J connectivity index is 0.00000280. The number of hydrogen-bond acceptors (Lipinski definition) is 3. The van der Waals surface area contributed by atoms with Crippen LogP contribution >= 0.6 is 24.0 Å². The summed E-state index contributed by atoms with van der Waals surface area (Å²) >= 11 is 0. The van der Waals surface area contributed by atoms with Crippen molar-refractivity contribution in [1.29, 1.82) is 0 Å². The monoisotopic (exact) mass is 500 g/mol. The molecule has 6 nitrogen and oxygen atoms in total. The molecule has 1 heterocycles. The van der Waals surface area contributed by atoms with Crippen LogP contribution in [0.25, 0.3) is 0 Å². The number of ether oxygens (including phenoxy) is 1. The summed E-state index contributed by atoms with van der Waals surface area (Å²) < 4.78 is 5.64. The van der Waals surface area contributed by atoms with E-state index in [1.165, 1.54) is 18.4 Å². The molecular weight excluding hydrogens is 467 g/mol. The zero-order chi connectivity index (χ0) is 18.9. The number of rotatable bonds is 9. The van der Waals surface area contributed by atoms with Crippen molar-refractivity contribution >= 4 is 41.5 Å². The number of piperidine rings is 1. The van der Waals surface area contributed by atoms with Crippen molar-refractivity contribution in [3.8, 4) is 0 Å². The van der Waals surface area contributed by atoms with Crippen molar-refractivity contribution in [3.63, 3.8) is 0 Å². The third-order valence-corrected chi connectivity index (χ3v) is 5.06. The number of aliphatic imine (C=N–C) groups is 1. The number of amides is 1. The Labute approximate surface area is 185 Å². The van der Waals surface area contributed by atoms with Gasteiger partial charge in [-0.05, 0) is 55.7 Å². The van der Waals surface area contributed by atoms with Gasteiger partial charge in [-0.15, -0.1) is 24.0 Å². The minimum Gasteiger partial charge on any atom is -0.381 e. The van der Waals surface area contributed by atoms with Crippen molar-refractivity contribution in [2.45, 2.75) is 45.1 Å². The van der Waals surface area contributed by atoms with Crippen LogP contribution in [0.3, 0.4) is 0 Å². The average Bonchev–Trinajstić information content (AvgIpc) is 3.52. The number of guanidine groups is 1. The van der Waals surface area contributed by atoms with Gasteiger partial charge >= 0.3 is 0 Å². The number of carbonyl (C=O) groups is 1. The minimum atomic E-state index is 0. The Morgan fingerprint density at radius 2 is 2.00 bits per heavy atom. The van der Waals surface area contributed by atoms with Crippen LogP contribution in [0, 0.1) is 5.92 Å². The summed E-state index contributed by atoms with van der Waals surface area (Å²) in [6, 6.07) is 8.22. The molecule has 2 aliphatic rings. The van der Waals surface area contributed by atoms with Gasteiger partial charge in [-0.25, -0.2) is 0 Å². The molecule has 2 N–H and O–H groups in total. The maximum atomic E-state index is 12.0. The van der Waals surface area contributed by atoms with Gasteiger partial charge in [-0.1, -0.05) is 12.1 Å². The largest absolute Gasteiger partial charge is 0.381 e. The van der Waals surface area contributed by atoms with E-state index in [2.05, 4.69) is 27.8 Å². The van der Waals surface area contributed by atoms with Crippen molar-refractivity contribution in [3.05, 3.63) is 29.8 Å². The lowest BCUT2D eigenvalue weighted by atomic mass is 10.1. The summed E-state index contributed by atoms with van der Waals surface area (Å²) in [5.41, 5.74) is 2.16. The molecular formula is C21H33IN4O2. The molecule has 1 aliphatic carbocycles. The quantitative estimate of drug-likeness (QED) is 0.237. The third-order valence-electron chi connectivity index (χ3n) is 5.06. The lowest BCUT2D eigenvalue weighted by molar-refractivity contribution is -0.119. The number of benzene rings is 1. The van der Waals surface area contributed by atoms with E-state index < -0.39 is 0 Å². The average molecular weight is 500 g/mol. The molecule has 7 heteroatoms. The molecule has 2 fully saturated rings. The van der Waals surface area contributed by atoms with Gasteiger partial charge in [0.05, 0.1) is 0 Å². The van der Waals surface area contributed by atoms with Gasteiger partial charge in [-0.2, -0.15) is 0 Å². The molecule has 0 unspecified atom stereocenters. The van der Waals surface area contributed by atoms with Crippen LogP contribution in [0.5, 0.6) is 0 Å². The molecule has 1 saturated heterocycles. The lowest BCUT2D eigenvalue weighted by Gasteiger charge is -2.26. The molecule has 3 rings (SSSR count). The van der Waals surface area contributed by atoms with Gasteiger partial charge in [-0.3, -0.25) is 9.79 Å². The summed E-state index contributed by atoms with van der Waals surface area (Å²) in [7, 11) is 1.78. The number of hydrogen-bond donors (Lipinski definition) is 2. The van der Waals surface area contributed by atoms with E-state index in [4.69, 9.17) is 4.74 Å². The summed E-state index contributed by atoms with van der Waals surface area (Å²) in [4.78, 5) is 18.2. The third kappa shape index (κ3) is 7.58. The predicted octanol–water partition coefficient (Wildman–Crippen LogP) is 3.30. The first-order valence-electron chi connectivity index (χ1n) is 10.2. The Kier molecular flexibility index (Phi) is 10.0. The van der Waals surface area contributed by atoms with Crippen molar-refractivity contribution < 1.29 is 9.53 Å². The molecule has 1 aliphatic heterocycles. The fourth-order valence-corrected chi connectivity index (χ4v) is 3.19. The maximum absolute atomic E-state index is 12.0. The standard InChI is InChI=1S/C21H32N4O2.HI/c1-22-21(23-12-4-14-27-16-18-6-7-18)24-15-17-8-10-19(11-9-17)25-13-3-2-5-20(25)26;/h8-11,18H,2-7,12-16H2,1H3,(H2,22,23,24);1H. The van der Waals surface area contributed by atoms with Gasteiger partial charge < -0.3 is 20.3 Å². The van der Waals surface area contributed by atoms with Gasteiger partial charge in [0.2, 0.25) is 5.91 Å². The molecule has 0 aromatic heterocycles. The normalized spacial score (nSPS) is 17.2. The number of carbonyl (C=O) groups excluding carboxylic acids is 1. The molecule has 1 aromatic carbocycles. The van der Waals surface area contributed by atoms with Crippen LogP contribution < -0.4 is 15.5 Å². The first-order valence-corrected chi connectivity index (χ1v) is 10.2. The van der Waals surface area contributed by atoms with Crippen LogP contribution in [0.2, 0.25) is 0 Å². The van der Waals surface area contributed by atoms with Gasteiger partial charge in [0.25, 0.3) is 0 Å². The molecule has 1 aromatic rings. The molecule has 0 spiro atoms. The van der Waals surface area contributed by atoms with E-state index in [0.29, 0.717) is 13.0 Å². The minimum absolute atomic E-state index is 0. The number of nitrogens with one attached hydrogen (secondary N) is 2. The molecule has 0 bridgehead atoms. The highest BCUT2D eigenvalue weighted by Crippen LogP contribution is 2.28. The van der Waals surface area contributed by atoms with E-state index in [1.54, 1.807) is 7.05 Å². The fraction of sp³-hybridized carbons (Fsp3) is 0.619. The van der Waals surface area contributed by atoms with E-state index >= 15 is 0 Å². The molecule has 1 saturated carbocycles. The Hall–Kier alpha value is -1.35. The highest BCUT2D eigenvalue weighted by atomic mass is 127. The number of halogens is 1. The number of nitrogens with zero attached hydrogens (tertiary/aromatic N) is 2. The van der Waals surface area contributed by atoms with Crippen LogP contribution in [0.1, 0.15) is 44.1 Å². The van der Waals surface area contributed by atoms with Crippen LogP contribution in [-0.4, -0.2) is 45.2 Å². The van der Waals surface area contributed by atoms with Crippen LogP contribution in [-0.2, 0) is 16.1 Å². The highest BCUT2D eigenvalue weighted by molar-refractivity contribution is 14.0. The van der Waals surface area contributed by atoms with E-state index in [0.717, 1.165) is 63.1 Å². The summed E-state index contributed by atoms with van der Waals surface area (Å²) in [5, 5.41) is 6.65. The fourth-order valence-electron chi connectivity index (χ4n) is 3.19. The van der Waals surface area contributed by atoms with E-state index in [9.17, 15) is 4.79 Å². The van der Waals surface area contributed by atoms with E-state index in [-0.39, 0.29) is 29.9 Å². The van der Waals surface area contributed by atoms with Gasteiger partial charge in [0.15, 0.2) is 5.96 Å². The molecule has 1 amide bonds. The maximum Gasteiger partial charge on any atom is 0.226 e. The summed E-state index contributed by atoms with van der Waals surface area (Å²) in [6.07, 6.45) is 6.41. The van der Waals surface area contributed by atoms with Crippen LogP contribution in [0.15, 0.2) is 29.3 Å². The Morgan fingerprint density at radius 1 is 1.21 bits per heavy atom. The van der Waals surface area contributed by atoms with Crippen LogP contribution in [0.4, 0.5) is 5.69 Å². The molecule has 28 heavy (non-hydrogen) atoms. The van der Waals surface area contributed by atoms with E-state index in [1.807, 2.05) is 17.0 Å².